The summed E-state index contributed by atoms with van der Waals surface area (Å²) < 4.78 is 13.1. The second kappa shape index (κ2) is 2.33. The van der Waals surface area contributed by atoms with Gasteiger partial charge in [0.1, 0.15) is 5.83 Å². The van der Waals surface area contributed by atoms with Crippen LogP contribution in [0.15, 0.2) is 35.7 Å². The van der Waals surface area contributed by atoms with E-state index in [1.807, 2.05) is 13.0 Å². The van der Waals surface area contributed by atoms with Crippen molar-refractivity contribution in [1.29, 1.82) is 0 Å². The highest BCUT2D eigenvalue weighted by atomic mass is 19.1. The highest BCUT2D eigenvalue weighted by Crippen LogP contribution is 2.46. The average Bonchev–Trinajstić information content (AvgIpc) is 2.73. The van der Waals surface area contributed by atoms with E-state index in [0.717, 1.165) is 12.0 Å². The third-order valence-electron chi connectivity index (χ3n) is 2.48. The molecule has 0 radical (unpaired) electrons. The third-order valence-corrected chi connectivity index (χ3v) is 2.48. The zero-order valence-corrected chi connectivity index (χ0v) is 6.55. The van der Waals surface area contributed by atoms with Crippen molar-refractivity contribution in [3.8, 4) is 0 Å². The van der Waals surface area contributed by atoms with Crippen molar-refractivity contribution in [2.75, 3.05) is 0 Å². The van der Waals surface area contributed by atoms with Crippen LogP contribution < -0.4 is 0 Å². The quantitative estimate of drug-likeness (QED) is 0.498. The van der Waals surface area contributed by atoms with E-state index >= 15 is 0 Å². The van der Waals surface area contributed by atoms with Crippen molar-refractivity contribution < 1.29 is 4.39 Å². The molecule has 0 N–H and O–H groups in total. The number of hydrogen-bond donors (Lipinski definition) is 0. The molecular weight excluding hydrogens is 139 g/mol. The van der Waals surface area contributed by atoms with Gasteiger partial charge in [0.2, 0.25) is 0 Å². The predicted octanol–water partition coefficient (Wildman–Crippen LogP) is 2.99. The minimum Gasteiger partial charge on any atom is -0.207 e. The van der Waals surface area contributed by atoms with Crippen molar-refractivity contribution in [2.45, 2.75) is 13.3 Å². The lowest BCUT2D eigenvalue weighted by molar-refractivity contribution is 0.638. The lowest BCUT2D eigenvalue weighted by atomic mass is 10.1. The lowest BCUT2D eigenvalue weighted by Crippen LogP contribution is -1.86. The first-order valence-electron chi connectivity index (χ1n) is 4.00. The minimum absolute atomic E-state index is 0.0400. The molecule has 2 rings (SSSR count). The first-order valence-corrected chi connectivity index (χ1v) is 4.00. The van der Waals surface area contributed by atoms with Gasteiger partial charge in [-0.05, 0) is 36.8 Å². The van der Waals surface area contributed by atoms with Gasteiger partial charge < -0.3 is 0 Å². The van der Waals surface area contributed by atoms with Gasteiger partial charge in [-0.3, -0.25) is 0 Å². The number of allylic oxidation sites excluding steroid dienone is 6. The van der Waals surface area contributed by atoms with E-state index in [9.17, 15) is 4.39 Å². The van der Waals surface area contributed by atoms with Gasteiger partial charge in [0.25, 0.3) is 0 Å². The maximum Gasteiger partial charge on any atom is 0.122 e. The van der Waals surface area contributed by atoms with Gasteiger partial charge in [0, 0.05) is 0 Å². The molecule has 0 amide bonds. The fourth-order valence-electron chi connectivity index (χ4n) is 1.58. The molecule has 0 spiro atoms. The van der Waals surface area contributed by atoms with Crippen LogP contribution in [0.4, 0.5) is 4.39 Å². The fraction of sp³-hybridized carbons (Fsp3) is 0.400. The summed E-state index contributed by atoms with van der Waals surface area (Å²) in [5, 5.41) is 0. The molecule has 0 aliphatic heterocycles. The lowest BCUT2D eigenvalue weighted by Gasteiger charge is -1.99. The molecule has 58 valence electrons. The summed E-state index contributed by atoms with van der Waals surface area (Å²) in [5.41, 5.74) is 0.926. The van der Waals surface area contributed by atoms with E-state index < -0.39 is 0 Å². The summed E-state index contributed by atoms with van der Waals surface area (Å²) in [6, 6.07) is 0. The zero-order chi connectivity index (χ0) is 7.84. The van der Waals surface area contributed by atoms with Gasteiger partial charge in [-0.25, -0.2) is 4.39 Å². The molecule has 0 saturated heterocycles. The summed E-state index contributed by atoms with van der Waals surface area (Å²) in [6.45, 7) is 1.89. The van der Waals surface area contributed by atoms with E-state index in [4.69, 9.17) is 0 Å². The normalized spacial score (nSPS) is 47.1. The van der Waals surface area contributed by atoms with Crippen molar-refractivity contribution in [3.63, 3.8) is 0 Å². The van der Waals surface area contributed by atoms with Gasteiger partial charge >= 0.3 is 0 Å². The topological polar surface area (TPSA) is 0 Å². The SMILES string of the molecule is C/C1=C(F)/C=C\C=C\C2CC12. The maximum absolute atomic E-state index is 13.1. The molecule has 2 aliphatic rings. The van der Waals surface area contributed by atoms with Gasteiger partial charge in [0.15, 0.2) is 0 Å². The van der Waals surface area contributed by atoms with Crippen LogP contribution in [0.3, 0.4) is 0 Å². The Balaban J connectivity index is 2.33. The van der Waals surface area contributed by atoms with Crippen LogP contribution in [0.2, 0.25) is 0 Å². The van der Waals surface area contributed by atoms with Crippen LogP contribution in [0.1, 0.15) is 13.3 Å². The second-order valence-electron chi connectivity index (χ2n) is 3.28. The largest absolute Gasteiger partial charge is 0.207 e. The zero-order valence-electron chi connectivity index (χ0n) is 6.55. The monoisotopic (exact) mass is 150 g/mol. The summed E-state index contributed by atoms with van der Waals surface area (Å²) in [6.07, 6.45) is 8.55. The van der Waals surface area contributed by atoms with Crippen LogP contribution in [-0.4, -0.2) is 0 Å². The van der Waals surface area contributed by atoms with Gasteiger partial charge in [-0.1, -0.05) is 18.2 Å². The molecule has 0 aromatic carbocycles. The molecular formula is C10H11F. The van der Waals surface area contributed by atoms with Gasteiger partial charge in [-0.2, -0.15) is 0 Å². The van der Waals surface area contributed by atoms with Crippen molar-refractivity contribution in [1.82, 2.24) is 0 Å². The van der Waals surface area contributed by atoms with E-state index in [1.165, 1.54) is 0 Å². The molecule has 11 heavy (non-hydrogen) atoms. The van der Waals surface area contributed by atoms with E-state index in [0.29, 0.717) is 11.8 Å². The molecule has 2 atom stereocenters. The Labute approximate surface area is 66.1 Å². The maximum atomic E-state index is 13.1. The molecule has 0 nitrogen and oxygen atoms in total. The number of hydrogen-bond acceptors (Lipinski definition) is 0. The van der Waals surface area contributed by atoms with Gasteiger partial charge in [-0.15, -0.1) is 0 Å². The average molecular weight is 150 g/mol. The van der Waals surface area contributed by atoms with Crippen molar-refractivity contribution in [2.24, 2.45) is 11.8 Å². The van der Waals surface area contributed by atoms with Crippen LogP contribution in [0.5, 0.6) is 0 Å². The van der Waals surface area contributed by atoms with Crippen molar-refractivity contribution >= 4 is 0 Å². The Morgan fingerprint density at radius 1 is 1.45 bits per heavy atom. The first-order chi connectivity index (χ1) is 5.29. The molecule has 2 unspecified atom stereocenters. The Bertz CT molecular complexity index is 258. The van der Waals surface area contributed by atoms with Gasteiger partial charge in [0.05, 0.1) is 0 Å². The van der Waals surface area contributed by atoms with E-state index in [-0.39, 0.29) is 5.83 Å². The van der Waals surface area contributed by atoms with Crippen molar-refractivity contribution in [3.05, 3.63) is 35.7 Å². The summed E-state index contributed by atoms with van der Waals surface area (Å²) >= 11 is 0. The number of halogens is 1. The van der Waals surface area contributed by atoms with Crippen LogP contribution in [-0.2, 0) is 0 Å². The Hall–Kier alpha value is -0.850. The summed E-state index contributed by atoms with van der Waals surface area (Å²) in [5.74, 6) is 1.07. The summed E-state index contributed by atoms with van der Waals surface area (Å²) in [7, 11) is 0. The molecule has 0 aromatic heterocycles. The Morgan fingerprint density at radius 3 is 3.09 bits per heavy atom. The van der Waals surface area contributed by atoms with E-state index in [2.05, 4.69) is 6.08 Å². The molecule has 0 bridgehead atoms. The highest BCUT2D eigenvalue weighted by molar-refractivity contribution is 5.31. The smallest absolute Gasteiger partial charge is 0.122 e. The predicted molar refractivity (Wildman–Crippen MR) is 43.7 cm³/mol. The Kier molecular flexibility index (Phi) is 1.45. The summed E-state index contributed by atoms with van der Waals surface area (Å²) in [4.78, 5) is 0. The standard InChI is InChI=1S/C10H11F/c1-7-9-6-8(9)4-2-3-5-10(7)11/h2-5,8-9H,6H2,1H3/b4-2+,5-3-,10-7+. The number of fused-ring (bicyclic) bond motifs is 1. The van der Waals surface area contributed by atoms with E-state index in [1.54, 1.807) is 12.2 Å². The molecule has 1 heteroatoms. The van der Waals surface area contributed by atoms with Crippen LogP contribution >= 0.6 is 0 Å². The molecule has 0 aromatic rings. The Morgan fingerprint density at radius 2 is 2.27 bits per heavy atom. The molecule has 1 saturated carbocycles. The molecule has 1 fully saturated rings. The fourth-order valence-corrected chi connectivity index (χ4v) is 1.58. The number of rotatable bonds is 0. The second-order valence-corrected chi connectivity index (χ2v) is 3.28. The third kappa shape index (κ3) is 1.15. The van der Waals surface area contributed by atoms with Crippen LogP contribution in [0.25, 0.3) is 0 Å². The molecule has 0 heterocycles. The molecule has 2 aliphatic carbocycles. The highest BCUT2D eigenvalue weighted by Gasteiger charge is 2.37. The van der Waals surface area contributed by atoms with Crippen LogP contribution in [0, 0.1) is 11.8 Å². The minimum atomic E-state index is -0.0400. The first kappa shape index (κ1) is 6.84.